The van der Waals surface area contributed by atoms with Crippen LogP contribution in [-0.2, 0) is 11.2 Å². The number of ether oxygens (including phenoxy) is 1. The van der Waals surface area contributed by atoms with E-state index in [-0.39, 0.29) is 12.1 Å². The van der Waals surface area contributed by atoms with Gasteiger partial charge >= 0.3 is 5.97 Å². The zero-order valence-electron chi connectivity index (χ0n) is 12.1. The Bertz CT molecular complexity index is 460. The summed E-state index contributed by atoms with van der Waals surface area (Å²) in [5.41, 5.74) is -0.0525. The first kappa shape index (κ1) is 16.4. The number of aromatic nitrogens is 1. The van der Waals surface area contributed by atoms with Crippen molar-refractivity contribution in [2.75, 3.05) is 25.6 Å². The maximum absolute atomic E-state index is 11.0. The van der Waals surface area contributed by atoms with Gasteiger partial charge in [0.2, 0.25) is 0 Å². The molecule has 1 aromatic rings. The Balaban J connectivity index is 2.76. The van der Waals surface area contributed by atoms with Crippen molar-refractivity contribution in [3.8, 4) is 0 Å². The summed E-state index contributed by atoms with van der Waals surface area (Å²) < 4.78 is 4.94. The lowest BCUT2D eigenvalue weighted by Crippen LogP contribution is -2.35. The third-order valence-corrected chi connectivity index (χ3v) is 2.98. The zero-order valence-corrected chi connectivity index (χ0v) is 12.1. The minimum absolute atomic E-state index is 0.191. The number of carboxylic acid groups (broad SMARTS) is 1. The number of hydrogen-bond acceptors (Lipinski definition) is 5. The number of aryl methyl sites for hydroxylation is 1. The number of carboxylic acids is 1. The van der Waals surface area contributed by atoms with Gasteiger partial charge in [-0.15, -0.1) is 0 Å². The first-order chi connectivity index (χ1) is 9.38. The number of anilines is 1. The molecule has 0 aliphatic carbocycles. The van der Waals surface area contributed by atoms with Crippen molar-refractivity contribution in [1.29, 1.82) is 0 Å². The van der Waals surface area contributed by atoms with Crippen molar-refractivity contribution in [3.05, 3.63) is 23.4 Å². The van der Waals surface area contributed by atoms with Crippen LogP contribution in [0.25, 0.3) is 0 Å². The van der Waals surface area contributed by atoms with Gasteiger partial charge in [0.15, 0.2) is 0 Å². The van der Waals surface area contributed by atoms with Crippen LogP contribution < -0.4 is 5.32 Å². The predicted octanol–water partition coefficient (Wildman–Crippen LogP) is 1.54. The van der Waals surface area contributed by atoms with Gasteiger partial charge in [0, 0.05) is 32.4 Å². The van der Waals surface area contributed by atoms with Crippen LogP contribution in [0.15, 0.2) is 12.1 Å². The Hall–Kier alpha value is -1.66. The molecule has 0 fully saturated rings. The Kier molecular flexibility index (Phi) is 5.91. The molecule has 112 valence electrons. The molecule has 1 aromatic heterocycles. The third kappa shape index (κ3) is 5.14. The highest BCUT2D eigenvalue weighted by molar-refractivity contribution is 5.88. The number of nitrogens with one attached hydrogen (secondary N) is 1. The molecule has 0 bridgehead atoms. The van der Waals surface area contributed by atoms with Crippen LogP contribution in [-0.4, -0.2) is 47.0 Å². The van der Waals surface area contributed by atoms with Crippen LogP contribution >= 0.6 is 0 Å². The summed E-state index contributed by atoms with van der Waals surface area (Å²) in [6.45, 7) is 4.33. The van der Waals surface area contributed by atoms with Crippen LogP contribution in [0.4, 0.5) is 5.82 Å². The Morgan fingerprint density at radius 1 is 1.50 bits per heavy atom. The molecule has 0 aliphatic heterocycles. The lowest BCUT2D eigenvalue weighted by molar-refractivity contribution is 0.0357. The molecule has 3 N–H and O–H groups in total. The van der Waals surface area contributed by atoms with Crippen LogP contribution in [0.3, 0.4) is 0 Å². The molecular formula is C14H22N2O4. The Morgan fingerprint density at radius 2 is 2.20 bits per heavy atom. The smallest absolute Gasteiger partial charge is 0.335 e. The molecule has 0 amide bonds. The quantitative estimate of drug-likeness (QED) is 0.670. The number of aromatic carboxylic acids is 1. The number of carbonyl (C=O) groups is 1. The number of hydrogen-bond donors (Lipinski definition) is 3. The van der Waals surface area contributed by atoms with E-state index in [1.54, 1.807) is 20.1 Å². The highest BCUT2D eigenvalue weighted by atomic mass is 16.5. The van der Waals surface area contributed by atoms with Crippen LogP contribution in [0.5, 0.6) is 0 Å². The number of methoxy groups -OCH3 is 1. The second kappa shape index (κ2) is 7.21. The van der Waals surface area contributed by atoms with E-state index in [2.05, 4.69) is 10.3 Å². The molecule has 6 heteroatoms. The van der Waals surface area contributed by atoms with E-state index < -0.39 is 11.6 Å². The second-order valence-electron chi connectivity index (χ2n) is 4.98. The van der Waals surface area contributed by atoms with Crippen molar-refractivity contribution in [2.45, 2.75) is 32.3 Å². The van der Waals surface area contributed by atoms with Crippen molar-refractivity contribution in [1.82, 2.24) is 4.98 Å². The van der Waals surface area contributed by atoms with E-state index in [4.69, 9.17) is 9.84 Å². The summed E-state index contributed by atoms with van der Waals surface area (Å²) in [4.78, 5) is 15.3. The van der Waals surface area contributed by atoms with E-state index in [1.165, 1.54) is 6.07 Å². The molecule has 6 nitrogen and oxygen atoms in total. The predicted molar refractivity (Wildman–Crippen MR) is 76.2 cm³/mol. The first-order valence-corrected chi connectivity index (χ1v) is 6.57. The molecule has 1 atom stereocenters. The summed E-state index contributed by atoms with van der Waals surface area (Å²) in [7, 11) is 1.58. The van der Waals surface area contributed by atoms with Gasteiger partial charge in [-0.3, -0.25) is 0 Å². The Morgan fingerprint density at radius 3 is 2.75 bits per heavy atom. The van der Waals surface area contributed by atoms with Crippen LogP contribution in [0, 0.1) is 0 Å². The van der Waals surface area contributed by atoms with Gasteiger partial charge in [-0.05, 0) is 25.5 Å². The monoisotopic (exact) mass is 282 g/mol. The van der Waals surface area contributed by atoms with Gasteiger partial charge in [-0.1, -0.05) is 6.92 Å². The number of aliphatic hydroxyl groups is 1. The number of nitrogens with zero attached hydrogens (tertiary/aromatic N) is 1. The lowest BCUT2D eigenvalue weighted by atomic mass is 10.0. The SMILES string of the molecule is CCc1cc(C(=O)O)cc(NCC(C)(O)CCOC)n1. The fourth-order valence-electron chi connectivity index (χ4n) is 1.67. The lowest BCUT2D eigenvalue weighted by Gasteiger charge is -2.23. The highest BCUT2D eigenvalue weighted by Crippen LogP contribution is 2.14. The second-order valence-corrected chi connectivity index (χ2v) is 4.98. The summed E-state index contributed by atoms with van der Waals surface area (Å²) in [6.07, 6.45) is 1.13. The summed E-state index contributed by atoms with van der Waals surface area (Å²) in [5.74, 6) is -0.532. The molecule has 0 spiro atoms. The van der Waals surface area contributed by atoms with E-state index in [9.17, 15) is 9.90 Å². The van der Waals surface area contributed by atoms with Gasteiger partial charge < -0.3 is 20.3 Å². The maximum Gasteiger partial charge on any atom is 0.335 e. The molecular weight excluding hydrogens is 260 g/mol. The van der Waals surface area contributed by atoms with Gasteiger partial charge in [0.05, 0.1) is 11.2 Å². The van der Waals surface area contributed by atoms with Crippen molar-refractivity contribution >= 4 is 11.8 Å². The van der Waals surface area contributed by atoms with Gasteiger partial charge in [0.1, 0.15) is 5.82 Å². The van der Waals surface area contributed by atoms with Crippen LogP contribution in [0.2, 0.25) is 0 Å². The summed E-state index contributed by atoms with van der Waals surface area (Å²) in [6, 6.07) is 3.02. The van der Waals surface area contributed by atoms with Crippen molar-refractivity contribution < 1.29 is 19.7 Å². The fourth-order valence-corrected chi connectivity index (χ4v) is 1.67. The normalized spacial score (nSPS) is 13.8. The average Bonchev–Trinajstić information content (AvgIpc) is 2.42. The molecule has 20 heavy (non-hydrogen) atoms. The molecule has 0 aliphatic rings. The number of rotatable bonds is 8. The molecule has 1 rings (SSSR count). The Labute approximate surface area is 118 Å². The van der Waals surface area contributed by atoms with Crippen molar-refractivity contribution in [3.63, 3.8) is 0 Å². The average molecular weight is 282 g/mol. The van der Waals surface area contributed by atoms with Gasteiger partial charge in [-0.2, -0.15) is 0 Å². The summed E-state index contributed by atoms with van der Waals surface area (Å²) >= 11 is 0. The van der Waals surface area contributed by atoms with Crippen LogP contribution in [0.1, 0.15) is 36.3 Å². The van der Waals surface area contributed by atoms with E-state index in [0.29, 0.717) is 31.0 Å². The highest BCUT2D eigenvalue weighted by Gasteiger charge is 2.20. The maximum atomic E-state index is 11.0. The van der Waals surface area contributed by atoms with E-state index in [1.807, 2.05) is 6.92 Å². The fraction of sp³-hybridized carbons (Fsp3) is 0.571. The first-order valence-electron chi connectivity index (χ1n) is 6.57. The number of pyridine rings is 1. The molecule has 0 aromatic carbocycles. The van der Waals surface area contributed by atoms with Crippen molar-refractivity contribution in [2.24, 2.45) is 0 Å². The molecule has 0 radical (unpaired) electrons. The van der Waals surface area contributed by atoms with Gasteiger partial charge in [-0.25, -0.2) is 9.78 Å². The molecule has 1 unspecified atom stereocenters. The standard InChI is InChI=1S/C14H22N2O4/c1-4-11-7-10(13(17)18)8-12(16-11)15-9-14(2,19)5-6-20-3/h7-8,19H,4-6,9H2,1-3H3,(H,15,16)(H,17,18). The largest absolute Gasteiger partial charge is 0.478 e. The third-order valence-electron chi connectivity index (χ3n) is 2.98. The van der Waals surface area contributed by atoms with E-state index in [0.717, 1.165) is 0 Å². The summed E-state index contributed by atoms with van der Waals surface area (Å²) in [5, 5.41) is 22.2. The molecule has 0 saturated carbocycles. The van der Waals surface area contributed by atoms with E-state index >= 15 is 0 Å². The molecule has 1 heterocycles. The zero-order chi connectivity index (χ0) is 15.2. The minimum atomic E-state index is -0.990. The molecule has 0 saturated heterocycles. The minimum Gasteiger partial charge on any atom is -0.478 e. The van der Waals surface area contributed by atoms with Gasteiger partial charge in [0.25, 0.3) is 0 Å². The topological polar surface area (TPSA) is 91.7 Å².